The van der Waals surface area contributed by atoms with E-state index < -0.39 is 0 Å². The molecule has 4 nitrogen and oxygen atoms in total. The SMILES string of the molecule is CCOCCCOCCCCCOCCCOCC. The lowest BCUT2D eigenvalue weighted by atomic mass is 10.2. The van der Waals surface area contributed by atoms with Crippen LogP contribution in [0.3, 0.4) is 0 Å². The first-order valence-corrected chi connectivity index (χ1v) is 7.72. The second-order valence-electron chi connectivity index (χ2n) is 4.39. The molecule has 0 spiro atoms. The first kappa shape index (κ1) is 18.8. The molecule has 0 atom stereocenters. The fourth-order valence-corrected chi connectivity index (χ4v) is 1.60. The molecule has 0 aliphatic rings. The zero-order chi connectivity index (χ0) is 14.0. The van der Waals surface area contributed by atoms with Crippen molar-refractivity contribution < 1.29 is 18.9 Å². The van der Waals surface area contributed by atoms with Gasteiger partial charge in [0, 0.05) is 52.9 Å². The molecule has 0 aromatic heterocycles. The van der Waals surface area contributed by atoms with Gasteiger partial charge in [-0.2, -0.15) is 0 Å². The Bertz CT molecular complexity index is 137. The Labute approximate surface area is 118 Å². The van der Waals surface area contributed by atoms with Crippen molar-refractivity contribution in [2.24, 2.45) is 0 Å². The molecule has 0 rings (SSSR count). The van der Waals surface area contributed by atoms with Gasteiger partial charge < -0.3 is 18.9 Å². The Balaban J connectivity index is 2.88. The highest BCUT2D eigenvalue weighted by atomic mass is 16.5. The molecule has 0 aromatic carbocycles. The summed E-state index contributed by atoms with van der Waals surface area (Å²) in [4.78, 5) is 0. The average Bonchev–Trinajstić information content (AvgIpc) is 2.43. The minimum atomic E-state index is 0.796. The van der Waals surface area contributed by atoms with Crippen molar-refractivity contribution in [1.29, 1.82) is 0 Å². The minimum Gasteiger partial charge on any atom is -0.382 e. The lowest BCUT2D eigenvalue weighted by Gasteiger charge is -2.06. The van der Waals surface area contributed by atoms with Gasteiger partial charge >= 0.3 is 0 Å². The second-order valence-corrected chi connectivity index (χ2v) is 4.39. The molecular formula is C15H32O4. The van der Waals surface area contributed by atoms with Gasteiger partial charge in [0.15, 0.2) is 0 Å². The largest absolute Gasteiger partial charge is 0.382 e. The van der Waals surface area contributed by atoms with Gasteiger partial charge in [0.05, 0.1) is 0 Å². The standard InChI is InChI=1S/C15H32O4/c1-3-16-12-8-14-18-10-6-5-7-11-19-15-9-13-17-4-2/h3-15H2,1-2H3. The third-order valence-electron chi connectivity index (χ3n) is 2.64. The van der Waals surface area contributed by atoms with Crippen LogP contribution in [-0.2, 0) is 18.9 Å². The smallest absolute Gasteiger partial charge is 0.0487 e. The van der Waals surface area contributed by atoms with Crippen LogP contribution >= 0.6 is 0 Å². The third-order valence-corrected chi connectivity index (χ3v) is 2.64. The van der Waals surface area contributed by atoms with Crippen molar-refractivity contribution in [2.45, 2.75) is 46.0 Å². The Morgan fingerprint density at radius 3 is 1.21 bits per heavy atom. The number of unbranched alkanes of at least 4 members (excludes halogenated alkanes) is 2. The molecule has 19 heavy (non-hydrogen) atoms. The molecule has 0 heterocycles. The molecule has 0 radical (unpaired) electrons. The lowest BCUT2D eigenvalue weighted by Crippen LogP contribution is -2.03. The maximum absolute atomic E-state index is 5.51. The summed E-state index contributed by atoms with van der Waals surface area (Å²) in [6, 6.07) is 0. The average molecular weight is 276 g/mol. The molecule has 0 aromatic rings. The van der Waals surface area contributed by atoms with Gasteiger partial charge in [0.1, 0.15) is 0 Å². The van der Waals surface area contributed by atoms with Crippen molar-refractivity contribution in [2.75, 3.05) is 52.9 Å². The third kappa shape index (κ3) is 17.8. The van der Waals surface area contributed by atoms with E-state index in [1.807, 2.05) is 13.8 Å². The Hall–Kier alpha value is -0.160. The summed E-state index contributed by atoms with van der Waals surface area (Å²) >= 11 is 0. The summed E-state index contributed by atoms with van der Waals surface area (Å²) in [6.45, 7) is 10.6. The molecular weight excluding hydrogens is 244 g/mol. The van der Waals surface area contributed by atoms with Crippen molar-refractivity contribution >= 4 is 0 Å². The summed E-state index contributed by atoms with van der Waals surface area (Å²) in [5, 5.41) is 0. The van der Waals surface area contributed by atoms with Crippen LogP contribution in [0.4, 0.5) is 0 Å². The number of rotatable bonds is 16. The van der Waals surface area contributed by atoms with E-state index in [0.717, 1.165) is 78.5 Å². The molecule has 0 saturated heterocycles. The molecule has 0 fully saturated rings. The van der Waals surface area contributed by atoms with Gasteiger partial charge in [0.2, 0.25) is 0 Å². The summed E-state index contributed by atoms with van der Waals surface area (Å²) in [6.07, 6.45) is 5.42. The van der Waals surface area contributed by atoms with Gasteiger partial charge in [0.25, 0.3) is 0 Å². The van der Waals surface area contributed by atoms with Gasteiger partial charge in [-0.25, -0.2) is 0 Å². The maximum Gasteiger partial charge on any atom is 0.0487 e. The van der Waals surface area contributed by atoms with E-state index in [4.69, 9.17) is 18.9 Å². The molecule has 116 valence electrons. The van der Waals surface area contributed by atoms with Crippen molar-refractivity contribution in [1.82, 2.24) is 0 Å². The summed E-state index contributed by atoms with van der Waals surface area (Å²) < 4.78 is 21.5. The summed E-state index contributed by atoms with van der Waals surface area (Å²) in [5.74, 6) is 0. The molecule has 0 amide bonds. The highest BCUT2D eigenvalue weighted by Gasteiger charge is 1.93. The molecule has 0 N–H and O–H groups in total. The van der Waals surface area contributed by atoms with Gasteiger partial charge in [-0.15, -0.1) is 0 Å². The maximum atomic E-state index is 5.51. The Morgan fingerprint density at radius 2 is 0.789 bits per heavy atom. The van der Waals surface area contributed by atoms with E-state index in [1.54, 1.807) is 0 Å². The quantitative estimate of drug-likeness (QED) is 0.406. The molecule has 0 saturated carbocycles. The molecule has 0 bridgehead atoms. The number of hydrogen-bond donors (Lipinski definition) is 0. The van der Waals surface area contributed by atoms with Gasteiger partial charge in [-0.1, -0.05) is 0 Å². The fourth-order valence-electron chi connectivity index (χ4n) is 1.60. The van der Waals surface area contributed by atoms with Crippen LogP contribution in [0.5, 0.6) is 0 Å². The topological polar surface area (TPSA) is 36.9 Å². The van der Waals surface area contributed by atoms with Gasteiger partial charge in [-0.05, 0) is 46.0 Å². The van der Waals surface area contributed by atoms with Crippen molar-refractivity contribution in [3.63, 3.8) is 0 Å². The Morgan fingerprint density at radius 1 is 0.421 bits per heavy atom. The summed E-state index contributed by atoms with van der Waals surface area (Å²) in [5.41, 5.74) is 0. The normalized spacial score (nSPS) is 11.1. The first-order valence-electron chi connectivity index (χ1n) is 7.72. The molecule has 0 aliphatic heterocycles. The van der Waals surface area contributed by atoms with E-state index in [1.165, 1.54) is 6.42 Å². The van der Waals surface area contributed by atoms with Crippen LogP contribution in [0, 0.1) is 0 Å². The number of hydrogen-bond acceptors (Lipinski definition) is 4. The van der Waals surface area contributed by atoms with Crippen LogP contribution in [0.25, 0.3) is 0 Å². The zero-order valence-corrected chi connectivity index (χ0v) is 12.8. The van der Waals surface area contributed by atoms with E-state index >= 15 is 0 Å². The Kier molecular flexibility index (Phi) is 17.7. The van der Waals surface area contributed by atoms with E-state index in [2.05, 4.69) is 0 Å². The first-order chi connectivity index (χ1) is 9.41. The molecule has 0 unspecified atom stereocenters. The lowest BCUT2D eigenvalue weighted by molar-refractivity contribution is 0.0782. The van der Waals surface area contributed by atoms with E-state index in [0.29, 0.717) is 0 Å². The zero-order valence-electron chi connectivity index (χ0n) is 12.8. The van der Waals surface area contributed by atoms with Crippen LogP contribution in [0.2, 0.25) is 0 Å². The fraction of sp³-hybridized carbons (Fsp3) is 1.00. The number of ether oxygens (including phenoxy) is 4. The van der Waals surface area contributed by atoms with Crippen LogP contribution in [0.15, 0.2) is 0 Å². The monoisotopic (exact) mass is 276 g/mol. The van der Waals surface area contributed by atoms with Crippen molar-refractivity contribution in [3.8, 4) is 0 Å². The highest BCUT2D eigenvalue weighted by molar-refractivity contribution is 4.42. The van der Waals surface area contributed by atoms with Crippen LogP contribution in [0.1, 0.15) is 46.0 Å². The van der Waals surface area contributed by atoms with Crippen LogP contribution in [-0.4, -0.2) is 52.9 Å². The van der Waals surface area contributed by atoms with Gasteiger partial charge in [-0.3, -0.25) is 0 Å². The predicted molar refractivity (Wildman–Crippen MR) is 77.7 cm³/mol. The van der Waals surface area contributed by atoms with Crippen LogP contribution < -0.4 is 0 Å². The highest BCUT2D eigenvalue weighted by Crippen LogP contribution is 1.98. The van der Waals surface area contributed by atoms with Crippen molar-refractivity contribution in [3.05, 3.63) is 0 Å². The predicted octanol–water partition coefficient (Wildman–Crippen LogP) is 3.04. The van der Waals surface area contributed by atoms with E-state index in [-0.39, 0.29) is 0 Å². The minimum absolute atomic E-state index is 0.796. The molecule has 0 aliphatic carbocycles. The second kappa shape index (κ2) is 17.8. The summed E-state index contributed by atoms with van der Waals surface area (Å²) in [7, 11) is 0. The van der Waals surface area contributed by atoms with E-state index in [9.17, 15) is 0 Å². The molecule has 4 heteroatoms.